The maximum absolute atomic E-state index is 5.87. The normalized spacial score (nSPS) is 18.9. The fourth-order valence-electron chi connectivity index (χ4n) is 7.33. The number of rotatable bonds is 8. The Morgan fingerprint density at radius 1 is 0.635 bits per heavy atom. The summed E-state index contributed by atoms with van der Waals surface area (Å²) in [5.74, 6) is 2.67. The SMILES string of the molecule is CC1=NC=NC2=NC(c3ccc(N4CCCCC4)cc3Nc3cc(C)co3)=C/C(=C\C(c3ccc(N4CCCCC4)cc3Nc3cc(C)co3)=N1)C2. The minimum Gasteiger partial charge on any atom is -0.448 e. The van der Waals surface area contributed by atoms with Gasteiger partial charge in [-0.3, -0.25) is 0 Å². The van der Waals surface area contributed by atoms with E-state index in [1.807, 2.05) is 32.9 Å². The lowest BCUT2D eigenvalue weighted by atomic mass is 9.97. The third kappa shape index (κ3) is 7.66. The fourth-order valence-corrected chi connectivity index (χ4v) is 7.33. The predicted octanol–water partition coefficient (Wildman–Crippen LogP) is 9.98. The second-order valence-corrected chi connectivity index (χ2v) is 14.2. The highest BCUT2D eigenvalue weighted by Crippen LogP contribution is 2.37. The highest BCUT2D eigenvalue weighted by molar-refractivity contribution is 6.18. The van der Waals surface area contributed by atoms with Gasteiger partial charge >= 0.3 is 0 Å². The molecule has 4 aliphatic heterocycles. The van der Waals surface area contributed by atoms with E-state index in [-0.39, 0.29) is 0 Å². The summed E-state index contributed by atoms with van der Waals surface area (Å²) in [5.41, 5.74) is 10.9. The summed E-state index contributed by atoms with van der Waals surface area (Å²) in [5, 5.41) is 7.14. The van der Waals surface area contributed by atoms with E-state index in [4.69, 9.17) is 18.8 Å². The minimum atomic E-state index is 0.547. The van der Waals surface area contributed by atoms with Crippen molar-refractivity contribution < 1.29 is 8.83 Å². The number of aryl methyl sites for hydroxylation is 2. The van der Waals surface area contributed by atoms with Crippen molar-refractivity contribution in [2.24, 2.45) is 20.0 Å². The first-order valence-corrected chi connectivity index (χ1v) is 18.5. The number of fused-ring (bicyclic) bond motifs is 2. The molecule has 10 heteroatoms. The zero-order chi connectivity index (χ0) is 35.4. The lowest BCUT2D eigenvalue weighted by Crippen LogP contribution is -2.29. The van der Waals surface area contributed by atoms with Crippen molar-refractivity contribution in [2.45, 2.75) is 65.7 Å². The monoisotopic (exact) mass is 694 g/mol. The van der Waals surface area contributed by atoms with Crippen LogP contribution in [0.1, 0.15) is 74.1 Å². The van der Waals surface area contributed by atoms with Crippen LogP contribution in [0.3, 0.4) is 0 Å². The number of piperidine rings is 2. The zero-order valence-electron chi connectivity index (χ0n) is 30.3. The van der Waals surface area contributed by atoms with Crippen LogP contribution >= 0.6 is 0 Å². The summed E-state index contributed by atoms with van der Waals surface area (Å²) in [6.07, 6.45) is 17.3. The van der Waals surface area contributed by atoms with Crippen LogP contribution in [0.4, 0.5) is 34.5 Å². The topological polar surface area (TPSA) is 106 Å². The van der Waals surface area contributed by atoms with Gasteiger partial charge in [0, 0.05) is 67.2 Å². The molecule has 0 unspecified atom stereocenters. The average Bonchev–Trinajstić information content (AvgIpc) is 3.77. The molecular formula is C42H46N8O2. The molecule has 2 aromatic carbocycles. The van der Waals surface area contributed by atoms with Gasteiger partial charge in [0.15, 0.2) is 11.8 Å². The Morgan fingerprint density at radius 2 is 1.21 bits per heavy atom. The van der Waals surface area contributed by atoms with Crippen molar-refractivity contribution in [1.82, 2.24) is 0 Å². The number of nitrogens with zero attached hydrogens (tertiary/aromatic N) is 6. The molecule has 4 aliphatic rings. The van der Waals surface area contributed by atoms with E-state index >= 15 is 0 Å². The number of nitrogens with one attached hydrogen (secondary N) is 2. The van der Waals surface area contributed by atoms with Gasteiger partial charge in [-0.25, -0.2) is 20.0 Å². The molecule has 0 amide bonds. The van der Waals surface area contributed by atoms with Gasteiger partial charge in [-0.15, -0.1) is 0 Å². The number of furan rings is 2. The van der Waals surface area contributed by atoms with E-state index in [2.05, 4.69) is 79.0 Å². The number of hydrogen-bond acceptors (Lipinski definition) is 10. The molecule has 2 saturated heterocycles. The number of allylic oxidation sites excluding steroid dienone is 2. The van der Waals surface area contributed by atoms with E-state index in [0.717, 1.165) is 76.8 Å². The third-order valence-corrected chi connectivity index (χ3v) is 9.97. The van der Waals surface area contributed by atoms with Crippen molar-refractivity contribution in [3.63, 3.8) is 0 Å². The van der Waals surface area contributed by atoms with Crippen LogP contribution in [0.25, 0.3) is 5.70 Å². The second kappa shape index (κ2) is 14.9. The molecule has 0 spiro atoms. The van der Waals surface area contributed by atoms with Gasteiger partial charge in [0.25, 0.3) is 0 Å². The summed E-state index contributed by atoms with van der Waals surface area (Å²) >= 11 is 0. The molecule has 0 radical (unpaired) electrons. The van der Waals surface area contributed by atoms with Gasteiger partial charge in [-0.1, -0.05) is 0 Å². The zero-order valence-corrected chi connectivity index (χ0v) is 30.3. The Kier molecular flexibility index (Phi) is 9.61. The molecule has 0 aliphatic carbocycles. The number of benzene rings is 2. The largest absolute Gasteiger partial charge is 0.448 e. The van der Waals surface area contributed by atoms with Gasteiger partial charge in [0.1, 0.15) is 18.0 Å². The first kappa shape index (κ1) is 33.5. The van der Waals surface area contributed by atoms with Crippen LogP contribution in [0, 0.1) is 13.8 Å². The molecular weight excluding hydrogens is 649 g/mol. The maximum Gasteiger partial charge on any atom is 0.197 e. The molecule has 6 heterocycles. The van der Waals surface area contributed by atoms with Crippen molar-refractivity contribution in [3.05, 3.63) is 101 Å². The Balaban J connectivity index is 1.21. The maximum atomic E-state index is 5.87. The molecule has 0 atom stereocenters. The molecule has 0 saturated carbocycles. The molecule has 2 aromatic heterocycles. The lowest BCUT2D eigenvalue weighted by molar-refractivity contribution is 0.577. The molecule has 2 N–H and O–H groups in total. The number of amidine groups is 2. The summed E-state index contributed by atoms with van der Waals surface area (Å²) in [4.78, 5) is 24.3. The Bertz CT molecular complexity index is 2130. The fraction of sp³-hybridized carbons (Fsp3) is 0.333. The average molecular weight is 695 g/mol. The number of aliphatic imine (C=N–C) groups is 4. The van der Waals surface area contributed by atoms with Gasteiger partial charge in [-0.05, 0) is 125 Å². The number of hydrogen-bond donors (Lipinski definition) is 2. The van der Waals surface area contributed by atoms with Crippen LogP contribution in [0.5, 0.6) is 0 Å². The van der Waals surface area contributed by atoms with Gasteiger partial charge < -0.3 is 29.3 Å². The van der Waals surface area contributed by atoms with Crippen LogP contribution in [0.15, 0.2) is 108 Å². The highest BCUT2D eigenvalue weighted by atomic mass is 16.3. The second-order valence-electron chi connectivity index (χ2n) is 14.2. The van der Waals surface area contributed by atoms with Crippen molar-refractivity contribution >= 4 is 63.9 Å². The summed E-state index contributed by atoms with van der Waals surface area (Å²) in [6.45, 7) is 10.2. The predicted molar refractivity (Wildman–Crippen MR) is 215 cm³/mol. The summed E-state index contributed by atoms with van der Waals surface area (Å²) < 4.78 is 11.7. The smallest absolute Gasteiger partial charge is 0.197 e. The molecule has 4 aromatic rings. The first-order chi connectivity index (χ1) is 25.4. The molecule has 2 fully saturated rings. The van der Waals surface area contributed by atoms with Crippen LogP contribution in [-0.2, 0) is 0 Å². The van der Waals surface area contributed by atoms with E-state index in [9.17, 15) is 0 Å². The van der Waals surface area contributed by atoms with Gasteiger partial charge in [0.05, 0.1) is 35.3 Å². The quantitative estimate of drug-likeness (QED) is 0.190. The van der Waals surface area contributed by atoms with E-state index < -0.39 is 0 Å². The Hall–Kier alpha value is -5.64. The standard InChI is InChI=1S/C42H46N8O2/c1-28-18-41(51-25-28)47-38-23-32(49-14-6-4-7-15-49)10-12-34(38)36-20-31-21-37(46-40(22-31)44-27-43-30(3)45-36)35-13-11-33(50-16-8-5-9-17-50)24-39(35)48-42-19-29(2)26-52-42/h10-13,18-21,23-27,47-48H,4-9,14-17,22H2,1-3H3/b31-20+,36-20?,43-27?,43-30?,44-27?,44-40?,45-30?,45-36?. The highest BCUT2D eigenvalue weighted by Gasteiger charge is 2.21. The van der Waals surface area contributed by atoms with E-state index in [1.165, 1.54) is 49.9 Å². The Labute approximate surface area is 305 Å². The van der Waals surface area contributed by atoms with Crippen molar-refractivity contribution in [3.8, 4) is 0 Å². The van der Waals surface area contributed by atoms with Crippen LogP contribution in [0.2, 0.25) is 0 Å². The van der Waals surface area contributed by atoms with Crippen LogP contribution < -0.4 is 20.4 Å². The third-order valence-electron chi connectivity index (χ3n) is 9.97. The first-order valence-electron chi connectivity index (χ1n) is 18.5. The van der Waals surface area contributed by atoms with E-state index in [1.54, 1.807) is 18.9 Å². The summed E-state index contributed by atoms with van der Waals surface area (Å²) in [6, 6.07) is 17.2. The number of anilines is 6. The van der Waals surface area contributed by atoms with Gasteiger partial charge in [0.2, 0.25) is 0 Å². The summed E-state index contributed by atoms with van der Waals surface area (Å²) in [7, 11) is 0. The van der Waals surface area contributed by atoms with Gasteiger partial charge in [-0.2, -0.15) is 0 Å². The molecule has 10 nitrogen and oxygen atoms in total. The molecule has 2 bridgehead atoms. The minimum absolute atomic E-state index is 0.547. The van der Waals surface area contributed by atoms with Crippen molar-refractivity contribution in [2.75, 3.05) is 46.6 Å². The Morgan fingerprint density at radius 3 is 1.79 bits per heavy atom. The van der Waals surface area contributed by atoms with Crippen molar-refractivity contribution in [1.29, 1.82) is 0 Å². The molecule has 8 rings (SSSR count). The molecule has 266 valence electrons. The lowest BCUT2D eigenvalue weighted by Gasteiger charge is -2.29. The molecule has 52 heavy (non-hydrogen) atoms. The van der Waals surface area contributed by atoms with E-state index in [0.29, 0.717) is 29.9 Å². The van der Waals surface area contributed by atoms with Crippen LogP contribution in [-0.4, -0.2) is 49.9 Å².